The average Bonchev–Trinajstić information content (AvgIpc) is 2.38. The highest BCUT2D eigenvalue weighted by molar-refractivity contribution is 4.61. The fraction of sp³-hybridized carbons (Fsp3) is 1.00. The van der Waals surface area contributed by atoms with E-state index in [9.17, 15) is 0 Å². The molecule has 0 spiro atoms. The van der Waals surface area contributed by atoms with Gasteiger partial charge < -0.3 is 10.6 Å². The van der Waals surface area contributed by atoms with Crippen molar-refractivity contribution >= 4 is 0 Å². The van der Waals surface area contributed by atoms with Gasteiger partial charge in [0, 0.05) is 6.54 Å². The van der Waals surface area contributed by atoms with E-state index in [2.05, 4.69) is 25.7 Å². The molecule has 0 saturated heterocycles. The number of rotatable bonds is 14. The summed E-state index contributed by atoms with van der Waals surface area (Å²) in [6, 6.07) is 0. The largest absolute Gasteiger partial charge is 0.330 e. The minimum Gasteiger partial charge on any atom is -0.330 e. The van der Waals surface area contributed by atoms with Gasteiger partial charge in [0.1, 0.15) is 0 Å². The summed E-state index contributed by atoms with van der Waals surface area (Å²) in [6.07, 6.45) is 12.4. The van der Waals surface area contributed by atoms with Crippen LogP contribution in [0.15, 0.2) is 0 Å². The molecule has 0 aromatic heterocycles. The molecule has 2 N–H and O–H groups in total. The first-order valence-electron chi connectivity index (χ1n) is 8.63. The summed E-state index contributed by atoms with van der Waals surface area (Å²) < 4.78 is 0. The highest BCUT2D eigenvalue weighted by Crippen LogP contribution is 2.09. The lowest BCUT2D eigenvalue weighted by Gasteiger charge is -2.24. The molecule has 0 aromatic rings. The predicted octanol–water partition coefficient (Wildman–Crippen LogP) is 4.43. The molecule has 0 saturated carbocycles. The summed E-state index contributed by atoms with van der Waals surface area (Å²) in [6.45, 7) is 11.4. The fourth-order valence-corrected chi connectivity index (χ4v) is 2.59. The molecular weight excluding hydrogens is 232 g/mol. The zero-order valence-electron chi connectivity index (χ0n) is 13.8. The maximum Gasteiger partial charge on any atom is 0.000439 e. The summed E-state index contributed by atoms with van der Waals surface area (Å²) in [5.74, 6) is 0.770. The van der Waals surface area contributed by atoms with Gasteiger partial charge in [-0.25, -0.2) is 0 Å². The van der Waals surface area contributed by atoms with Crippen LogP contribution in [0.3, 0.4) is 0 Å². The first-order chi connectivity index (χ1) is 9.20. The van der Waals surface area contributed by atoms with Gasteiger partial charge in [0.05, 0.1) is 0 Å². The predicted molar refractivity (Wildman–Crippen MR) is 87.6 cm³/mol. The SMILES string of the molecule is CCCCCCCCCCN(CCCN)CC(C)C. The van der Waals surface area contributed by atoms with Crippen molar-refractivity contribution in [1.29, 1.82) is 0 Å². The standard InChI is InChI=1S/C17H38N2/c1-4-5-6-7-8-9-10-11-14-19(15-12-13-18)16-17(2)3/h17H,4-16,18H2,1-3H3. The van der Waals surface area contributed by atoms with Crippen LogP contribution in [-0.2, 0) is 0 Å². The zero-order valence-corrected chi connectivity index (χ0v) is 13.8. The smallest absolute Gasteiger partial charge is 0.000439 e. The van der Waals surface area contributed by atoms with Crippen LogP contribution in [0.1, 0.15) is 78.6 Å². The van der Waals surface area contributed by atoms with Crippen LogP contribution in [0.5, 0.6) is 0 Å². The maximum absolute atomic E-state index is 5.62. The third-order valence-corrected chi connectivity index (χ3v) is 3.63. The van der Waals surface area contributed by atoms with Gasteiger partial charge in [0.15, 0.2) is 0 Å². The lowest BCUT2D eigenvalue weighted by atomic mass is 10.1. The Kier molecular flexibility index (Phi) is 14.3. The lowest BCUT2D eigenvalue weighted by molar-refractivity contribution is 0.237. The molecule has 19 heavy (non-hydrogen) atoms. The Morgan fingerprint density at radius 2 is 1.32 bits per heavy atom. The molecule has 0 unspecified atom stereocenters. The number of hydrogen-bond acceptors (Lipinski definition) is 2. The van der Waals surface area contributed by atoms with Gasteiger partial charge in [-0.1, -0.05) is 65.7 Å². The van der Waals surface area contributed by atoms with Gasteiger partial charge in [-0.3, -0.25) is 0 Å². The quantitative estimate of drug-likeness (QED) is 0.473. The van der Waals surface area contributed by atoms with Crippen LogP contribution in [0.25, 0.3) is 0 Å². The van der Waals surface area contributed by atoms with E-state index in [1.807, 2.05) is 0 Å². The van der Waals surface area contributed by atoms with Crippen molar-refractivity contribution in [3.63, 3.8) is 0 Å². The van der Waals surface area contributed by atoms with E-state index in [1.165, 1.54) is 71.0 Å². The second-order valence-electron chi connectivity index (χ2n) is 6.31. The molecule has 2 heteroatoms. The summed E-state index contributed by atoms with van der Waals surface area (Å²) in [4.78, 5) is 2.61. The molecule has 0 aromatic carbocycles. The van der Waals surface area contributed by atoms with Crippen LogP contribution < -0.4 is 5.73 Å². The number of nitrogens with two attached hydrogens (primary N) is 1. The molecule has 0 bridgehead atoms. The molecule has 0 heterocycles. The molecule has 0 aliphatic carbocycles. The number of nitrogens with zero attached hydrogens (tertiary/aromatic N) is 1. The summed E-state index contributed by atoms with van der Waals surface area (Å²) in [5, 5.41) is 0. The van der Waals surface area contributed by atoms with Gasteiger partial charge in [0.25, 0.3) is 0 Å². The van der Waals surface area contributed by atoms with Crippen molar-refractivity contribution in [2.24, 2.45) is 11.7 Å². The minimum absolute atomic E-state index is 0.770. The van der Waals surface area contributed by atoms with Crippen LogP contribution >= 0.6 is 0 Å². The van der Waals surface area contributed by atoms with E-state index in [1.54, 1.807) is 0 Å². The Bertz CT molecular complexity index is 169. The van der Waals surface area contributed by atoms with Crippen LogP contribution in [0, 0.1) is 5.92 Å². The molecule has 0 atom stereocenters. The van der Waals surface area contributed by atoms with Crippen LogP contribution in [0.2, 0.25) is 0 Å². The summed E-state index contributed by atoms with van der Waals surface area (Å²) >= 11 is 0. The highest BCUT2D eigenvalue weighted by Gasteiger charge is 2.06. The van der Waals surface area contributed by atoms with Gasteiger partial charge in [-0.15, -0.1) is 0 Å². The minimum atomic E-state index is 0.770. The topological polar surface area (TPSA) is 29.3 Å². The van der Waals surface area contributed by atoms with Crippen molar-refractivity contribution in [2.45, 2.75) is 78.6 Å². The Labute approximate surface area is 122 Å². The highest BCUT2D eigenvalue weighted by atomic mass is 15.1. The Balaban J connectivity index is 3.46. The van der Waals surface area contributed by atoms with Gasteiger partial charge >= 0.3 is 0 Å². The van der Waals surface area contributed by atoms with Crippen molar-refractivity contribution in [1.82, 2.24) is 4.90 Å². The third kappa shape index (κ3) is 14.1. The van der Waals surface area contributed by atoms with Crippen LogP contribution in [-0.4, -0.2) is 31.1 Å². The van der Waals surface area contributed by atoms with E-state index in [4.69, 9.17) is 5.73 Å². The van der Waals surface area contributed by atoms with E-state index in [-0.39, 0.29) is 0 Å². The Hall–Kier alpha value is -0.0800. The van der Waals surface area contributed by atoms with E-state index in [0.717, 1.165) is 18.9 Å². The summed E-state index contributed by atoms with van der Waals surface area (Å²) in [5.41, 5.74) is 5.62. The van der Waals surface area contributed by atoms with Crippen molar-refractivity contribution in [3.8, 4) is 0 Å². The molecule has 2 nitrogen and oxygen atoms in total. The molecule has 0 fully saturated rings. The fourth-order valence-electron chi connectivity index (χ4n) is 2.59. The van der Waals surface area contributed by atoms with Gasteiger partial charge in [-0.05, 0) is 38.4 Å². The number of hydrogen-bond donors (Lipinski definition) is 1. The molecule has 0 aliphatic heterocycles. The first-order valence-corrected chi connectivity index (χ1v) is 8.63. The third-order valence-electron chi connectivity index (χ3n) is 3.63. The maximum atomic E-state index is 5.62. The van der Waals surface area contributed by atoms with Gasteiger partial charge in [0.2, 0.25) is 0 Å². The summed E-state index contributed by atoms with van der Waals surface area (Å²) in [7, 11) is 0. The first kappa shape index (κ1) is 18.9. The number of unbranched alkanes of at least 4 members (excludes halogenated alkanes) is 7. The van der Waals surface area contributed by atoms with Gasteiger partial charge in [-0.2, -0.15) is 0 Å². The van der Waals surface area contributed by atoms with Crippen molar-refractivity contribution < 1.29 is 0 Å². The van der Waals surface area contributed by atoms with Crippen molar-refractivity contribution in [2.75, 3.05) is 26.2 Å². The van der Waals surface area contributed by atoms with E-state index >= 15 is 0 Å². The molecule has 0 amide bonds. The average molecular weight is 271 g/mol. The Morgan fingerprint density at radius 1 is 0.789 bits per heavy atom. The lowest BCUT2D eigenvalue weighted by Crippen LogP contribution is -2.31. The molecular formula is C17H38N2. The Morgan fingerprint density at radius 3 is 1.84 bits per heavy atom. The van der Waals surface area contributed by atoms with Crippen molar-refractivity contribution in [3.05, 3.63) is 0 Å². The van der Waals surface area contributed by atoms with E-state index < -0.39 is 0 Å². The zero-order chi connectivity index (χ0) is 14.3. The molecule has 0 radical (unpaired) electrons. The molecule has 116 valence electrons. The molecule has 0 rings (SSSR count). The second-order valence-corrected chi connectivity index (χ2v) is 6.31. The monoisotopic (exact) mass is 270 g/mol. The molecule has 0 aliphatic rings. The van der Waals surface area contributed by atoms with E-state index in [0.29, 0.717) is 0 Å². The second kappa shape index (κ2) is 14.3. The van der Waals surface area contributed by atoms with Crippen LogP contribution in [0.4, 0.5) is 0 Å². The normalized spacial score (nSPS) is 11.7.